The summed E-state index contributed by atoms with van der Waals surface area (Å²) in [6.45, 7) is 0. The van der Waals surface area contributed by atoms with Crippen molar-refractivity contribution in [3.05, 3.63) is 62.2 Å². The topological polar surface area (TPSA) is 111 Å². The van der Waals surface area contributed by atoms with Crippen LogP contribution in [0.1, 0.15) is 0 Å². The van der Waals surface area contributed by atoms with E-state index in [0.717, 1.165) is 6.26 Å². The van der Waals surface area contributed by atoms with Crippen molar-refractivity contribution in [3.8, 4) is 17.4 Å². The van der Waals surface area contributed by atoms with E-state index >= 15 is 0 Å². The highest BCUT2D eigenvalue weighted by Gasteiger charge is 2.20. The fourth-order valence-corrected chi connectivity index (χ4v) is 4.01. The molecule has 0 saturated heterocycles. The zero-order valence-corrected chi connectivity index (χ0v) is 15.9. The van der Waals surface area contributed by atoms with Gasteiger partial charge < -0.3 is 28.5 Å². The average molecular weight is 405 g/mol. The molecule has 0 atom stereocenters. The number of nitrogens with zero attached hydrogens (tertiary/aromatic N) is 1. The maximum Gasteiger partial charge on any atom is 0.308 e. The van der Waals surface area contributed by atoms with E-state index < -0.39 is 11.4 Å². The summed E-state index contributed by atoms with van der Waals surface area (Å²) in [5.41, 5.74) is 0.311. The molecule has 0 aliphatic heterocycles. The molecule has 0 spiro atoms. The van der Waals surface area contributed by atoms with Crippen LogP contribution >= 0.6 is 0 Å². The first-order valence-electron chi connectivity index (χ1n) is 8.95. The molecule has 0 bridgehead atoms. The van der Waals surface area contributed by atoms with Crippen LogP contribution in [-0.4, -0.2) is 28.8 Å². The molecular formula is C22H15NO7. The van der Waals surface area contributed by atoms with Gasteiger partial charge in [-0.2, -0.15) is 0 Å². The molecular weight excluding hydrogens is 390 g/mol. The van der Waals surface area contributed by atoms with Crippen molar-refractivity contribution in [2.75, 3.05) is 14.2 Å². The van der Waals surface area contributed by atoms with Gasteiger partial charge in [-0.25, -0.2) is 0 Å². The summed E-state index contributed by atoms with van der Waals surface area (Å²) in [6, 6.07) is 7.48. The number of aliphatic hydroxyl groups is 1. The van der Waals surface area contributed by atoms with Crippen molar-refractivity contribution in [1.82, 2.24) is 4.40 Å². The molecule has 3 heterocycles. The quantitative estimate of drug-likeness (QED) is 0.464. The third-order valence-electron chi connectivity index (χ3n) is 5.31. The lowest BCUT2D eigenvalue weighted by atomic mass is 10.1. The van der Waals surface area contributed by atoms with Gasteiger partial charge >= 0.3 is 5.95 Å². The van der Waals surface area contributed by atoms with Crippen LogP contribution in [0.2, 0.25) is 0 Å². The van der Waals surface area contributed by atoms with Gasteiger partial charge in [-0.15, -0.1) is 0 Å². The van der Waals surface area contributed by atoms with Gasteiger partial charge in [-0.3, -0.25) is 9.59 Å². The second-order valence-corrected chi connectivity index (χ2v) is 6.80. The first kappa shape index (κ1) is 17.9. The van der Waals surface area contributed by atoms with Crippen molar-refractivity contribution >= 4 is 44.4 Å². The minimum atomic E-state index is -0.420. The zero-order valence-electron chi connectivity index (χ0n) is 15.9. The number of pyridine rings is 1. The maximum absolute atomic E-state index is 12.2. The molecule has 0 fully saturated rings. The van der Waals surface area contributed by atoms with Crippen molar-refractivity contribution in [1.29, 1.82) is 0 Å². The van der Waals surface area contributed by atoms with E-state index in [1.165, 1.54) is 32.4 Å². The number of aromatic hydroxyl groups is 1. The molecule has 0 unspecified atom stereocenters. The third-order valence-corrected chi connectivity index (χ3v) is 5.31. The summed E-state index contributed by atoms with van der Waals surface area (Å²) in [7, 11) is 2.79. The van der Waals surface area contributed by atoms with Crippen LogP contribution in [0.3, 0.4) is 0 Å². The number of methoxy groups -OCH3 is 2. The van der Waals surface area contributed by atoms with Crippen molar-refractivity contribution in [2.45, 2.75) is 0 Å². The Labute approximate surface area is 167 Å². The summed E-state index contributed by atoms with van der Waals surface area (Å²) in [5, 5.41) is 23.4. The molecule has 0 aliphatic rings. The van der Waals surface area contributed by atoms with Crippen LogP contribution < -0.4 is 25.5 Å². The van der Waals surface area contributed by atoms with Crippen molar-refractivity contribution in [2.24, 2.45) is 0 Å². The second kappa shape index (κ2) is 6.15. The molecule has 5 rings (SSSR count). The van der Waals surface area contributed by atoms with Crippen LogP contribution in [0.15, 0.2) is 50.5 Å². The van der Waals surface area contributed by atoms with Crippen LogP contribution in [0, 0.1) is 0 Å². The van der Waals surface area contributed by atoms with E-state index in [1.807, 2.05) is 0 Å². The molecule has 5 aromatic rings. The van der Waals surface area contributed by atoms with Gasteiger partial charge in [0.2, 0.25) is 10.9 Å². The van der Waals surface area contributed by atoms with Crippen LogP contribution in [0.25, 0.3) is 44.4 Å². The van der Waals surface area contributed by atoms with E-state index in [0.29, 0.717) is 37.8 Å². The normalized spacial score (nSPS) is 12.4. The third kappa shape index (κ3) is 2.21. The summed E-state index contributed by atoms with van der Waals surface area (Å²) < 4.78 is 17.5. The Hall–Kier alpha value is -4.20. The zero-order chi connectivity index (χ0) is 21.2. The minimum absolute atomic E-state index is 0.103. The van der Waals surface area contributed by atoms with Gasteiger partial charge in [0.25, 0.3) is 0 Å². The van der Waals surface area contributed by atoms with Gasteiger partial charge in [0.1, 0.15) is 11.1 Å². The van der Waals surface area contributed by atoms with Crippen LogP contribution in [0.5, 0.6) is 17.4 Å². The molecule has 0 saturated carbocycles. The maximum atomic E-state index is 12.2. The van der Waals surface area contributed by atoms with Gasteiger partial charge in [-0.1, -0.05) is 0 Å². The number of rotatable bonds is 2. The smallest absolute Gasteiger partial charge is 0.308 e. The summed E-state index contributed by atoms with van der Waals surface area (Å²) in [4.78, 5) is 24.3. The molecule has 2 aromatic carbocycles. The molecule has 0 amide bonds. The summed E-state index contributed by atoms with van der Waals surface area (Å²) in [6.07, 6.45) is 2.59. The number of benzene rings is 2. The standard InChI is InChI=1S/C22H15NO7/c1-28-17-6-11-10(5-14(17)25)3-4-23-20(11)13(9-24)19-12-7-18(29-2)15(26)8-16(12)30-22(27)21(19)23/h3-9,24,27H,1-2H3/b13-9-. The first-order chi connectivity index (χ1) is 14.5. The lowest BCUT2D eigenvalue weighted by Crippen LogP contribution is -2.06. The largest absolute Gasteiger partial charge is 0.515 e. The lowest BCUT2D eigenvalue weighted by Gasteiger charge is -2.06. The molecule has 0 aliphatic carbocycles. The van der Waals surface area contributed by atoms with Gasteiger partial charge in [0, 0.05) is 33.6 Å². The highest BCUT2D eigenvalue weighted by atomic mass is 16.5. The Morgan fingerprint density at radius 3 is 2.30 bits per heavy atom. The first-order valence-corrected chi connectivity index (χ1v) is 8.95. The SMILES string of the molecule is COc1cc2c(ccn3c4c(O)oc5cc(=O)c(OC)cc5c4/c(=C/O)c23)cc1=O. The lowest BCUT2D eigenvalue weighted by molar-refractivity contribution is 0.345. The Bertz CT molecular complexity index is 1680. The van der Waals surface area contributed by atoms with Gasteiger partial charge in [0.15, 0.2) is 11.5 Å². The summed E-state index contributed by atoms with van der Waals surface area (Å²) in [5.74, 6) is -0.163. The molecule has 0 radical (unpaired) electrons. The van der Waals surface area contributed by atoms with E-state index in [1.54, 1.807) is 22.7 Å². The highest BCUT2D eigenvalue weighted by molar-refractivity contribution is 6.12. The average Bonchev–Trinajstić information content (AvgIpc) is 3.08. The number of hydrogen-bond donors (Lipinski definition) is 2. The molecule has 8 nitrogen and oxygen atoms in total. The molecule has 8 heteroatoms. The van der Waals surface area contributed by atoms with Crippen LogP contribution in [0.4, 0.5) is 0 Å². The predicted octanol–water partition coefficient (Wildman–Crippen LogP) is 2.45. The molecule has 30 heavy (non-hydrogen) atoms. The monoisotopic (exact) mass is 405 g/mol. The fraction of sp³-hybridized carbons (Fsp3) is 0.0909. The van der Waals surface area contributed by atoms with E-state index in [4.69, 9.17) is 13.9 Å². The number of fused-ring (bicyclic) bond motifs is 7. The van der Waals surface area contributed by atoms with Crippen molar-refractivity contribution in [3.63, 3.8) is 0 Å². The Kier molecular flexibility index (Phi) is 3.66. The molecule has 2 N–H and O–H groups in total. The number of ether oxygens (including phenoxy) is 2. The fourth-order valence-electron chi connectivity index (χ4n) is 4.01. The van der Waals surface area contributed by atoms with Gasteiger partial charge in [0.05, 0.1) is 26.0 Å². The number of aliphatic hydroxyl groups excluding tert-OH is 1. The highest BCUT2D eigenvalue weighted by Crippen LogP contribution is 2.35. The van der Waals surface area contributed by atoms with E-state index in [-0.39, 0.29) is 22.5 Å². The van der Waals surface area contributed by atoms with Crippen LogP contribution in [-0.2, 0) is 0 Å². The minimum Gasteiger partial charge on any atom is -0.515 e. The van der Waals surface area contributed by atoms with Gasteiger partial charge in [-0.05, 0) is 29.7 Å². The molecule has 150 valence electrons. The van der Waals surface area contributed by atoms with E-state index in [9.17, 15) is 19.8 Å². The Morgan fingerprint density at radius 2 is 1.63 bits per heavy atom. The van der Waals surface area contributed by atoms with Crippen molar-refractivity contribution < 1.29 is 24.1 Å². The Morgan fingerprint density at radius 1 is 0.967 bits per heavy atom. The Balaban J connectivity index is 2.14. The predicted molar refractivity (Wildman–Crippen MR) is 112 cm³/mol. The number of aromatic nitrogens is 1. The summed E-state index contributed by atoms with van der Waals surface area (Å²) >= 11 is 0. The molecule has 3 aromatic heterocycles. The second-order valence-electron chi connectivity index (χ2n) is 6.80. The van der Waals surface area contributed by atoms with E-state index in [2.05, 4.69) is 0 Å². The number of hydrogen-bond acceptors (Lipinski definition) is 7.